The number of carbonyl (C=O) groups is 2. The van der Waals surface area contributed by atoms with E-state index in [9.17, 15) is 14.0 Å². The minimum absolute atomic E-state index is 0.195. The molecule has 3 aliphatic rings. The Labute approximate surface area is 174 Å². The van der Waals surface area contributed by atoms with Crippen LogP contribution in [0, 0.1) is 5.82 Å². The molecule has 3 aliphatic heterocycles. The molecular formula is C21H26FN3O5. The van der Waals surface area contributed by atoms with Gasteiger partial charge in [-0.15, -0.1) is 0 Å². The van der Waals surface area contributed by atoms with Crippen LogP contribution in [0.5, 0.6) is 0 Å². The fraction of sp³-hybridized carbons (Fsp3) is 0.524. The molecular weight excluding hydrogens is 393 g/mol. The van der Waals surface area contributed by atoms with Crippen molar-refractivity contribution in [2.75, 3.05) is 39.5 Å². The molecule has 0 unspecified atom stereocenters. The molecule has 4 rings (SSSR count). The summed E-state index contributed by atoms with van der Waals surface area (Å²) in [5.41, 5.74) is 1.24. The van der Waals surface area contributed by atoms with Crippen molar-refractivity contribution in [3.63, 3.8) is 0 Å². The van der Waals surface area contributed by atoms with Crippen LogP contribution in [0.15, 0.2) is 35.5 Å². The Morgan fingerprint density at radius 1 is 1.30 bits per heavy atom. The first-order valence-electron chi connectivity index (χ1n) is 10.2. The highest BCUT2D eigenvalue weighted by molar-refractivity contribution is 5.95. The van der Waals surface area contributed by atoms with E-state index in [4.69, 9.17) is 14.2 Å². The van der Waals surface area contributed by atoms with E-state index in [2.05, 4.69) is 15.5 Å². The Balaban J connectivity index is 1.60. The van der Waals surface area contributed by atoms with Gasteiger partial charge in [-0.05, 0) is 24.6 Å². The molecule has 2 saturated heterocycles. The molecule has 1 aromatic carbocycles. The number of benzene rings is 1. The number of piperidine rings is 1. The Morgan fingerprint density at radius 2 is 2.03 bits per heavy atom. The smallest absolute Gasteiger partial charge is 0.338 e. The summed E-state index contributed by atoms with van der Waals surface area (Å²) in [4.78, 5) is 27.3. The van der Waals surface area contributed by atoms with Gasteiger partial charge in [0.2, 0.25) is 0 Å². The molecule has 0 bridgehead atoms. The number of hydrogen-bond donors (Lipinski definition) is 2. The van der Waals surface area contributed by atoms with Crippen molar-refractivity contribution < 1.29 is 28.2 Å². The van der Waals surface area contributed by atoms with Gasteiger partial charge in [0.25, 0.3) is 0 Å². The molecule has 1 aromatic rings. The summed E-state index contributed by atoms with van der Waals surface area (Å²) < 4.78 is 30.6. The molecule has 1 atom stereocenters. The highest BCUT2D eigenvalue weighted by Crippen LogP contribution is 2.33. The first kappa shape index (κ1) is 20.8. The lowest BCUT2D eigenvalue weighted by Gasteiger charge is -2.39. The number of hydrogen-bond acceptors (Lipinski definition) is 6. The van der Waals surface area contributed by atoms with Gasteiger partial charge in [0.1, 0.15) is 5.82 Å². The van der Waals surface area contributed by atoms with Crippen LogP contribution in [0.4, 0.5) is 9.18 Å². The number of rotatable bonds is 5. The number of nitrogens with zero attached hydrogens (tertiary/aromatic N) is 1. The second kappa shape index (κ2) is 8.71. The summed E-state index contributed by atoms with van der Waals surface area (Å²) in [6.07, 6.45) is 1.43. The fourth-order valence-corrected chi connectivity index (χ4v) is 4.19. The topological polar surface area (TPSA) is 89.1 Å². The number of urea groups is 1. The molecule has 0 aliphatic carbocycles. The van der Waals surface area contributed by atoms with E-state index >= 15 is 0 Å². The molecule has 3 heterocycles. The van der Waals surface area contributed by atoms with Gasteiger partial charge in [0.05, 0.1) is 31.4 Å². The third kappa shape index (κ3) is 4.33. The predicted molar refractivity (Wildman–Crippen MR) is 105 cm³/mol. The van der Waals surface area contributed by atoms with Crippen molar-refractivity contribution in [3.05, 3.63) is 46.9 Å². The first-order chi connectivity index (χ1) is 14.5. The predicted octanol–water partition coefficient (Wildman–Crippen LogP) is 1.84. The monoisotopic (exact) mass is 419 g/mol. The molecule has 2 amide bonds. The van der Waals surface area contributed by atoms with Crippen molar-refractivity contribution in [1.82, 2.24) is 15.5 Å². The van der Waals surface area contributed by atoms with Crippen molar-refractivity contribution in [2.24, 2.45) is 0 Å². The molecule has 0 saturated carbocycles. The van der Waals surface area contributed by atoms with E-state index in [1.54, 1.807) is 19.1 Å². The number of esters is 1. The Kier molecular flexibility index (Phi) is 6.03. The second-order valence-electron chi connectivity index (χ2n) is 7.58. The molecule has 30 heavy (non-hydrogen) atoms. The largest absolute Gasteiger partial charge is 0.463 e. The number of nitrogens with one attached hydrogen (secondary N) is 2. The van der Waals surface area contributed by atoms with Gasteiger partial charge >= 0.3 is 12.0 Å². The summed E-state index contributed by atoms with van der Waals surface area (Å²) in [6, 6.07) is 4.62. The van der Waals surface area contributed by atoms with Crippen molar-refractivity contribution in [2.45, 2.75) is 31.6 Å². The summed E-state index contributed by atoms with van der Waals surface area (Å²) >= 11 is 0. The van der Waals surface area contributed by atoms with Gasteiger partial charge in [0.15, 0.2) is 5.79 Å². The van der Waals surface area contributed by atoms with Crippen LogP contribution < -0.4 is 10.6 Å². The lowest BCUT2D eigenvalue weighted by molar-refractivity contribution is -0.184. The fourth-order valence-electron chi connectivity index (χ4n) is 4.19. The van der Waals surface area contributed by atoms with Crippen molar-refractivity contribution in [1.29, 1.82) is 0 Å². The normalized spacial score (nSPS) is 23.9. The minimum atomic E-state index is -0.791. The SMILES string of the molecule is CCOC(=O)C1=C(CN2CCC3(CC2)OCCO3)NC(=O)N[C@@H]1c1cccc(F)c1. The molecule has 8 nitrogen and oxygen atoms in total. The van der Waals surface area contributed by atoms with Crippen LogP contribution >= 0.6 is 0 Å². The zero-order valence-electron chi connectivity index (χ0n) is 16.9. The lowest BCUT2D eigenvalue weighted by Crippen LogP contribution is -2.51. The summed E-state index contributed by atoms with van der Waals surface area (Å²) in [5, 5.41) is 5.48. The lowest BCUT2D eigenvalue weighted by atomic mass is 9.94. The molecule has 0 radical (unpaired) electrons. The first-order valence-corrected chi connectivity index (χ1v) is 10.2. The number of ether oxygens (including phenoxy) is 3. The number of halogens is 1. The highest BCUT2D eigenvalue weighted by Gasteiger charge is 2.41. The minimum Gasteiger partial charge on any atom is -0.463 e. The zero-order valence-corrected chi connectivity index (χ0v) is 16.9. The Hall–Kier alpha value is -2.49. The van der Waals surface area contributed by atoms with Gasteiger partial charge in [-0.3, -0.25) is 4.90 Å². The molecule has 1 spiro atoms. The van der Waals surface area contributed by atoms with Gasteiger partial charge in [-0.2, -0.15) is 0 Å². The van der Waals surface area contributed by atoms with Gasteiger partial charge in [-0.25, -0.2) is 14.0 Å². The Bertz CT molecular complexity index is 843. The third-order valence-corrected chi connectivity index (χ3v) is 5.64. The van der Waals surface area contributed by atoms with E-state index in [0.717, 1.165) is 0 Å². The summed E-state index contributed by atoms with van der Waals surface area (Å²) in [6.45, 7) is 4.89. The summed E-state index contributed by atoms with van der Waals surface area (Å²) in [7, 11) is 0. The molecule has 162 valence electrons. The number of carbonyl (C=O) groups excluding carboxylic acids is 2. The quantitative estimate of drug-likeness (QED) is 0.708. The van der Waals surface area contributed by atoms with Crippen LogP contribution in [-0.4, -0.2) is 62.1 Å². The molecule has 9 heteroatoms. The van der Waals surface area contributed by atoms with Crippen molar-refractivity contribution in [3.8, 4) is 0 Å². The maximum atomic E-state index is 13.8. The number of amides is 2. The Morgan fingerprint density at radius 3 is 2.70 bits per heavy atom. The van der Waals surface area contributed by atoms with Gasteiger partial charge < -0.3 is 24.8 Å². The van der Waals surface area contributed by atoms with E-state index in [1.807, 2.05) is 0 Å². The standard InChI is InChI=1S/C21H26FN3O5/c1-2-28-19(26)17-16(13-25-8-6-21(7-9-25)29-10-11-30-21)23-20(27)24-18(17)14-4-3-5-15(22)12-14/h3-5,12,18H,2,6-11,13H2,1H3,(H2,23,24,27)/t18-/m1/s1. The van der Waals surface area contributed by atoms with Gasteiger partial charge in [-0.1, -0.05) is 12.1 Å². The van der Waals surface area contributed by atoms with Crippen LogP contribution in [0.1, 0.15) is 31.4 Å². The van der Waals surface area contributed by atoms with Crippen LogP contribution in [-0.2, 0) is 19.0 Å². The average molecular weight is 419 g/mol. The maximum Gasteiger partial charge on any atom is 0.338 e. The van der Waals surface area contributed by atoms with Crippen LogP contribution in [0.25, 0.3) is 0 Å². The van der Waals surface area contributed by atoms with Crippen LogP contribution in [0.2, 0.25) is 0 Å². The summed E-state index contributed by atoms with van der Waals surface area (Å²) in [5.74, 6) is -1.48. The van der Waals surface area contributed by atoms with E-state index in [1.165, 1.54) is 12.1 Å². The van der Waals surface area contributed by atoms with E-state index in [0.29, 0.717) is 57.0 Å². The number of likely N-dealkylation sites (tertiary alicyclic amines) is 1. The van der Waals surface area contributed by atoms with Crippen LogP contribution in [0.3, 0.4) is 0 Å². The second-order valence-corrected chi connectivity index (χ2v) is 7.58. The average Bonchev–Trinajstić information content (AvgIpc) is 3.18. The van der Waals surface area contributed by atoms with E-state index in [-0.39, 0.29) is 12.2 Å². The molecule has 2 N–H and O–H groups in total. The molecule has 0 aromatic heterocycles. The zero-order chi connectivity index (χ0) is 21.1. The third-order valence-electron chi connectivity index (χ3n) is 5.64. The van der Waals surface area contributed by atoms with Gasteiger partial charge in [0, 0.05) is 38.2 Å². The maximum absolute atomic E-state index is 13.8. The molecule has 2 fully saturated rings. The van der Waals surface area contributed by atoms with Crippen molar-refractivity contribution >= 4 is 12.0 Å². The highest BCUT2D eigenvalue weighted by atomic mass is 19.1. The van der Waals surface area contributed by atoms with E-state index < -0.39 is 29.6 Å².